The van der Waals surface area contributed by atoms with Crippen molar-refractivity contribution in [2.45, 2.75) is 70.7 Å². The molecule has 0 bridgehead atoms. The molecule has 2 fully saturated rings. The summed E-state index contributed by atoms with van der Waals surface area (Å²) in [5.41, 5.74) is 3.43. The molecule has 1 N–H and O–H groups in total. The van der Waals surface area contributed by atoms with Crippen molar-refractivity contribution in [1.29, 1.82) is 0 Å². The van der Waals surface area contributed by atoms with E-state index < -0.39 is 39.7 Å². The summed E-state index contributed by atoms with van der Waals surface area (Å²) in [6.45, 7) is 7.74. The quantitative estimate of drug-likeness (QED) is 0.301. The highest BCUT2D eigenvalue weighted by atomic mass is 35.5. The normalized spacial score (nSPS) is 18.3. The van der Waals surface area contributed by atoms with Gasteiger partial charge in [-0.25, -0.2) is 13.2 Å². The number of ether oxygens (including phenoxy) is 1. The van der Waals surface area contributed by atoms with E-state index in [-0.39, 0.29) is 25.3 Å². The number of para-hydroxylation sites is 2. The predicted molar refractivity (Wildman–Crippen MR) is 203 cm³/mol. The third-order valence-corrected chi connectivity index (χ3v) is 11.1. The van der Waals surface area contributed by atoms with E-state index in [4.69, 9.17) is 16.3 Å². The zero-order chi connectivity index (χ0) is 37.2. The monoisotopic (exact) mass is 749 g/mol. The molecule has 1 saturated carbocycles. The van der Waals surface area contributed by atoms with Gasteiger partial charge in [0.2, 0.25) is 21.8 Å². The van der Waals surface area contributed by atoms with E-state index in [1.54, 1.807) is 37.8 Å². The number of fused-ring (bicyclic) bond motifs is 1. The maximum Gasteiger partial charge on any atom is 0.411 e. The molecule has 11 nitrogen and oxygen atoms in total. The zero-order valence-electron chi connectivity index (χ0n) is 30.3. The Bertz CT molecular complexity index is 1890. The number of amides is 3. The number of carbonyl (C=O) groups is 3. The van der Waals surface area contributed by atoms with E-state index in [0.717, 1.165) is 35.2 Å². The summed E-state index contributed by atoms with van der Waals surface area (Å²) in [6, 6.07) is 20.6. The molecule has 3 aliphatic rings. The van der Waals surface area contributed by atoms with Crippen molar-refractivity contribution in [3.8, 4) is 0 Å². The Labute approximate surface area is 311 Å². The van der Waals surface area contributed by atoms with Crippen molar-refractivity contribution in [3.05, 3.63) is 94.5 Å². The molecule has 3 aromatic carbocycles. The molecule has 1 aliphatic carbocycles. The minimum Gasteiger partial charge on any atom is -0.444 e. The number of benzene rings is 3. The minimum absolute atomic E-state index is 0.208. The fourth-order valence-corrected chi connectivity index (χ4v) is 7.99. The van der Waals surface area contributed by atoms with Gasteiger partial charge in [-0.1, -0.05) is 60.1 Å². The molecule has 1 saturated heterocycles. The zero-order valence-corrected chi connectivity index (χ0v) is 31.8. The molecule has 2 heterocycles. The standard InChI is InChI=1S/C39H48ClN5O6S/c1-39(2,3)51-38(48)44-26-30-10-6-5-9-29(30)24-35(44)36(46)41-32(23-27-15-17-31(40)18-16-27)37(47)43-21-19-42(20-22-43)33-11-7-8-12-34(33)45(52(4,49)50)25-28-13-14-28/h5-12,15-18,28,32,35H,13-14,19-26H2,1-4H3,(H,41,46). The number of nitrogens with zero attached hydrogens (tertiary/aromatic N) is 4. The van der Waals surface area contributed by atoms with Crippen molar-refractivity contribution in [1.82, 2.24) is 15.1 Å². The lowest BCUT2D eigenvalue weighted by molar-refractivity contribution is -0.138. The number of hydrogen-bond donors (Lipinski definition) is 1. The van der Waals surface area contributed by atoms with E-state index in [1.165, 1.54) is 15.5 Å². The van der Waals surface area contributed by atoms with Crippen LogP contribution in [-0.2, 0) is 43.7 Å². The van der Waals surface area contributed by atoms with Gasteiger partial charge in [0.15, 0.2) is 0 Å². The fraction of sp³-hybridized carbons (Fsp3) is 0.462. The van der Waals surface area contributed by atoms with Crippen molar-refractivity contribution in [2.24, 2.45) is 5.92 Å². The maximum absolute atomic E-state index is 14.3. The van der Waals surface area contributed by atoms with Gasteiger partial charge in [0.05, 0.1) is 24.2 Å². The first-order valence-corrected chi connectivity index (χ1v) is 20.1. The molecular formula is C39H48ClN5O6S. The minimum atomic E-state index is -3.50. The molecule has 0 radical (unpaired) electrons. The summed E-state index contributed by atoms with van der Waals surface area (Å²) in [5, 5.41) is 3.60. The van der Waals surface area contributed by atoms with Crippen LogP contribution in [0.5, 0.6) is 0 Å². The van der Waals surface area contributed by atoms with Crippen molar-refractivity contribution in [3.63, 3.8) is 0 Å². The summed E-state index contributed by atoms with van der Waals surface area (Å²) in [6.07, 6.45) is 3.21. The number of carbonyl (C=O) groups excluding carboxylic acids is 3. The molecule has 2 atom stereocenters. The number of halogens is 1. The lowest BCUT2D eigenvalue weighted by atomic mass is 9.93. The van der Waals surface area contributed by atoms with E-state index in [1.807, 2.05) is 60.7 Å². The Hall–Kier alpha value is -4.29. The van der Waals surface area contributed by atoms with Gasteiger partial charge in [0.25, 0.3) is 0 Å². The average Bonchev–Trinajstić information content (AvgIpc) is 3.94. The highest BCUT2D eigenvalue weighted by Gasteiger charge is 2.39. The molecule has 3 amide bonds. The predicted octanol–water partition coefficient (Wildman–Crippen LogP) is 5.25. The highest BCUT2D eigenvalue weighted by molar-refractivity contribution is 7.92. The summed E-state index contributed by atoms with van der Waals surface area (Å²) >= 11 is 6.16. The summed E-state index contributed by atoms with van der Waals surface area (Å²) in [5.74, 6) is -0.302. The number of nitrogens with one attached hydrogen (secondary N) is 1. The van der Waals surface area contributed by atoms with Gasteiger partial charge >= 0.3 is 6.09 Å². The van der Waals surface area contributed by atoms with Crippen LogP contribution in [-0.4, -0.2) is 92.8 Å². The first-order valence-electron chi connectivity index (χ1n) is 17.9. The summed E-state index contributed by atoms with van der Waals surface area (Å²) in [7, 11) is -3.50. The maximum atomic E-state index is 14.3. The van der Waals surface area contributed by atoms with Crippen LogP contribution in [0.1, 0.15) is 50.3 Å². The lowest BCUT2D eigenvalue weighted by Crippen LogP contribution is -2.59. The smallest absolute Gasteiger partial charge is 0.411 e. The Morgan fingerprint density at radius 1 is 0.923 bits per heavy atom. The van der Waals surface area contributed by atoms with Crippen molar-refractivity contribution in [2.75, 3.05) is 48.2 Å². The molecule has 278 valence electrons. The number of sulfonamides is 1. The Morgan fingerprint density at radius 2 is 1.56 bits per heavy atom. The van der Waals surface area contributed by atoms with Crippen LogP contribution in [0.4, 0.5) is 16.2 Å². The lowest BCUT2D eigenvalue weighted by Gasteiger charge is -2.40. The molecule has 3 aromatic rings. The third kappa shape index (κ3) is 9.19. The van der Waals surface area contributed by atoms with Gasteiger partial charge < -0.3 is 19.9 Å². The molecule has 0 spiro atoms. The number of anilines is 2. The SMILES string of the molecule is CC(C)(C)OC(=O)N1Cc2ccccc2CC1C(=O)NC(Cc1ccc(Cl)cc1)C(=O)N1CCN(c2ccccc2N(CC2CC2)S(C)(=O)=O)CC1. The molecule has 0 aromatic heterocycles. The number of hydrogen-bond acceptors (Lipinski definition) is 7. The van der Waals surface area contributed by atoms with Crippen LogP contribution >= 0.6 is 11.6 Å². The summed E-state index contributed by atoms with van der Waals surface area (Å²) < 4.78 is 33.0. The first kappa shape index (κ1) is 37.5. The van der Waals surface area contributed by atoms with Gasteiger partial charge in [0, 0.05) is 50.6 Å². The van der Waals surface area contributed by atoms with Gasteiger partial charge in [0.1, 0.15) is 17.7 Å². The third-order valence-electron chi connectivity index (χ3n) is 9.75. The Balaban J connectivity index is 1.21. The van der Waals surface area contributed by atoms with Crippen LogP contribution in [0.25, 0.3) is 0 Å². The van der Waals surface area contributed by atoms with E-state index in [9.17, 15) is 22.8 Å². The van der Waals surface area contributed by atoms with Crippen LogP contribution < -0.4 is 14.5 Å². The molecular weight excluding hydrogens is 702 g/mol. The van der Waals surface area contributed by atoms with Crippen LogP contribution in [0.2, 0.25) is 5.02 Å². The molecule has 13 heteroatoms. The second kappa shape index (κ2) is 15.4. The molecule has 2 aliphatic heterocycles. The van der Waals surface area contributed by atoms with Crippen LogP contribution in [0, 0.1) is 5.92 Å². The average molecular weight is 750 g/mol. The Kier molecular flexibility index (Phi) is 11.1. The van der Waals surface area contributed by atoms with Gasteiger partial charge in [-0.15, -0.1) is 0 Å². The van der Waals surface area contributed by atoms with Crippen LogP contribution in [0.3, 0.4) is 0 Å². The first-order chi connectivity index (χ1) is 24.7. The van der Waals surface area contributed by atoms with E-state index in [2.05, 4.69) is 10.2 Å². The second-order valence-electron chi connectivity index (χ2n) is 15.0. The molecule has 2 unspecified atom stereocenters. The Morgan fingerprint density at radius 3 is 2.19 bits per heavy atom. The molecule has 52 heavy (non-hydrogen) atoms. The van der Waals surface area contributed by atoms with Crippen LogP contribution in [0.15, 0.2) is 72.8 Å². The molecule has 6 rings (SSSR count). The fourth-order valence-electron chi connectivity index (χ4n) is 6.87. The van der Waals surface area contributed by atoms with E-state index >= 15 is 0 Å². The highest BCUT2D eigenvalue weighted by Crippen LogP contribution is 2.37. The topological polar surface area (TPSA) is 120 Å². The van der Waals surface area contributed by atoms with E-state index in [0.29, 0.717) is 49.4 Å². The second-order valence-corrected chi connectivity index (χ2v) is 17.4. The van der Waals surface area contributed by atoms with Crippen molar-refractivity contribution >= 4 is 50.9 Å². The number of rotatable bonds is 10. The van der Waals surface area contributed by atoms with Crippen molar-refractivity contribution < 1.29 is 27.5 Å². The largest absolute Gasteiger partial charge is 0.444 e. The number of piperazine rings is 1. The van der Waals surface area contributed by atoms with Gasteiger partial charge in [-0.2, -0.15) is 0 Å². The van der Waals surface area contributed by atoms with Gasteiger partial charge in [-0.3, -0.25) is 18.8 Å². The van der Waals surface area contributed by atoms with Gasteiger partial charge in [-0.05, 0) is 80.5 Å². The summed E-state index contributed by atoms with van der Waals surface area (Å²) in [4.78, 5) is 47.3.